The van der Waals surface area contributed by atoms with Gasteiger partial charge in [-0.3, -0.25) is 9.59 Å². The van der Waals surface area contributed by atoms with E-state index in [-0.39, 0.29) is 12.5 Å². The van der Waals surface area contributed by atoms with Crippen LogP contribution < -0.4 is 5.32 Å². The topological polar surface area (TPSA) is 86.7 Å². The molecule has 0 aliphatic carbocycles. The first kappa shape index (κ1) is 10.2. The van der Waals surface area contributed by atoms with Gasteiger partial charge in [0, 0.05) is 25.2 Å². The number of carboxylic acids is 1. The molecule has 0 aromatic carbocycles. The second kappa shape index (κ2) is 4.40. The second-order valence-corrected chi connectivity index (χ2v) is 2.78. The zero-order valence-corrected chi connectivity index (χ0v) is 7.40. The number of rotatable bonds is 2. The lowest BCUT2D eigenvalue weighted by Gasteiger charge is -2.25. The highest BCUT2D eigenvalue weighted by molar-refractivity contribution is 5.96. The van der Waals surface area contributed by atoms with Gasteiger partial charge in [-0.25, -0.2) is 4.79 Å². The van der Waals surface area contributed by atoms with Crippen LogP contribution in [0.3, 0.4) is 0 Å². The molecular weight excluding hydrogens is 188 g/mol. The van der Waals surface area contributed by atoms with Crippen molar-refractivity contribution < 1.29 is 19.5 Å². The van der Waals surface area contributed by atoms with Gasteiger partial charge in [0.1, 0.15) is 0 Å². The summed E-state index contributed by atoms with van der Waals surface area (Å²) >= 11 is 0. The van der Waals surface area contributed by atoms with Gasteiger partial charge in [0.25, 0.3) is 0 Å². The van der Waals surface area contributed by atoms with E-state index in [2.05, 4.69) is 5.32 Å². The molecule has 0 saturated carbocycles. The quantitative estimate of drug-likeness (QED) is 0.533. The number of nitrogens with one attached hydrogen (secondary N) is 1. The molecule has 0 spiro atoms. The summed E-state index contributed by atoms with van der Waals surface area (Å²) in [5.74, 6) is -1.87. The monoisotopic (exact) mass is 198 g/mol. The van der Waals surface area contributed by atoms with Gasteiger partial charge in [-0.2, -0.15) is 0 Å². The fourth-order valence-corrected chi connectivity index (χ4v) is 1.07. The molecule has 1 rings (SSSR count). The predicted octanol–water partition coefficient (Wildman–Crippen LogP) is -1.41. The molecule has 0 aromatic rings. The zero-order valence-electron chi connectivity index (χ0n) is 7.40. The fourth-order valence-electron chi connectivity index (χ4n) is 1.07. The summed E-state index contributed by atoms with van der Waals surface area (Å²) in [5.41, 5.74) is 0. The van der Waals surface area contributed by atoms with Crippen molar-refractivity contribution in [1.29, 1.82) is 0 Å². The third-order valence-electron chi connectivity index (χ3n) is 1.72. The third kappa shape index (κ3) is 2.89. The Kier molecular flexibility index (Phi) is 3.22. The Balaban J connectivity index is 2.51. The van der Waals surface area contributed by atoms with E-state index in [9.17, 15) is 14.4 Å². The first-order valence-electron chi connectivity index (χ1n) is 4.06. The van der Waals surface area contributed by atoms with Gasteiger partial charge in [-0.1, -0.05) is 0 Å². The number of amides is 2. The van der Waals surface area contributed by atoms with E-state index in [1.54, 1.807) is 0 Å². The molecule has 0 aromatic heterocycles. The van der Waals surface area contributed by atoms with Gasteiger partial charge in [-0.15, -0.1) is 0 Å². The number of aliphatic carboxylic acids is 1. The Bertz CT molecular complexity index is 298. The molecule has 76 valence electrons. The van der Waals surface area contributed by atoms with E-state index >= 15 is 0 Å². The summed E-state index contributed by atoms with van der Waals surface area (Å²) < 4.78 is 0. The van der Waals surface area contributed by atoms with Crippen LogP contribution in [0.15, 0.2) is 12.2 Å². The number of hydrogen-bond acceptors (Lipinski definition) is 3. The van der Waals surface area contributed by atoms with Crippen molar-refractivity contribution in [3.63, 3.8) is 0 Å². The maximum Gasteiger partial charge on any atom is 0.328 e. The molecule has 0 radical (unpaired) electrons. The molecule has 14 heavy (non-hydrogen) atoms. The molecule has 2 amide bonds. The minimum Gasteiger partial charge on any atom is -0.478 e. The molecular formula is C8H10N2O4. The van der Waals surface area contributed by atoms with Crippen LogP contribution in [-0.2, 0) is 14.4 Å². The maximum atomic E-state index is 11.2. The van der Waals surface area contributed by atoms with Crippen LogP contribution >= 0.6 is 0 Å². The van der Waals surface area contributed by atoms with E-state index in [1.165, 1.54) is 4.90 Å². The minimum absolute atomic E-state index is 0.0111. The molecule has 0 unspecified atom stereocenters. The van der Waals surface area contributed by atoms with Crippen molar-refractivity contribution in [1.82, 2.24) is 10.2 Å². The van der Waals surface area contributed by atoms with Gasteiger partial charge in [0.05, 0.1) is 6.54 Å². The standard InChI is InChI=1S/C8H10N2O4/c11-6-5-10(4-3-9-6)7(12)1-2-8(13)14/h1-2H,3-5H2,(H,9,11)(H,13,14). The Morgan fingerprint density at radius 1 is 1.43 bits per heavy atom. The Hall–Kier alpha value is -1.85. The van der Waals surface area contributed by atoms with Crippen LogP contribution in [0.2, 0.25) is 0 Å². The first-order valence-corrected chi connectivity index (χ1v) is 4.06. The van der Waals surface area contributed by atoms with Crippen molar-refractivity contribution in [2.24, 2.45) is 0 Å². The summed E-state index contributed by atoms with van der Waals surface area (Å²) in [4.78, 5) is 33.5. The second-order valence-electron chi connectivity index (χ2n) is 2.78. The lowest BCUT2D eigenvalue weighted by Crippen LogP contribution is -2.49. The molecule has 6 nitrogen and oxygen atoms in total. The number of nitrogens with zero attached hydrogens (tertiary/aromatic N) is 1. The van der Waals surface area contributed by atoms with E-state index in [4.69, 9.17) is 5.11 Å². The highest BCUT2D eigenvalue weighted by Crippen LogP contribution is 1.95. The molecule has 6 heteroatoms. The SMILES string of the molecule is O=C(O)C=CC(=O)N1CCNC(=O)C1. The number of carboxylic acid groups (broad SMARTS) is 1. The normalized spacial score (nSPS) is 16.9. The zero-order chi connectivity index (χ0) is 10.6. The highest BCUT2D eigenvalue weighted by Gasteiger charge is 2.18. The van der Waals surface area contributed by atoms with Crippen molar-refractivity contribution in [3.8, 4) is 0 Å². The van der Waals surface area contributed by atoms with Gasteiger partial charge < -0.3 is 15.3 Å². The molecule has 0 bridgehead atoms. The molecule has 1 heterocycles. The molecule has 1 saturated heterocycles. The number of carbonyl (C=O) groups is 3. The van der Waals surface area contributed by atoms with Crippen LogP contribution in [0.5, 0.6) is 0 Å². The average molecular weight is 198 g/mol. The van der Waals surface area contributed by atoms with E-state index in [0.29, 0.717) is 13.1 Å². The minimum atomic E-state index is -1.18. The van der Waals surface area contributed by atoms with E-state index < -0.39 is 11.9 Å². The number of hydrogen-bond donors (Lipinski definition) is 2. The average Bonchev–Trinajstić information content (AvgIpc) is 2.14. The molecule has 1 aliphatic rings. The molecule has 0 atom stereocenters. The van der Waals surface area contributed by atoms with Crippen LogP contribution in [0, 0.1) is 0 Å². The van der Waals surface area contributed by atoms with Crippen molar-refractivity contribution >= 4 is 17.8 Å². The summed E-state index contributed by atoms with van der Waals surface area (Å²) in [6, 6.07) is 0. The number of piperazine rings is 1. The van der Waals surface area contributed by atoms with Gasteiger partial charge >= 0.3 is 5.97 Å². The maximum absolute atomic E-state index is 11.2. The third-order valence-corrected chi connectivity index (χ3v) is 1.72. The van der Waals surface area contributed by atoms with Crippen molar-refractivity contribution in [2.75, 3.05) is 19.6 Å². The Morgan fingerprint density at radius 3 is 2.71 bits per heavy atom. The predicted molar refractivity (Wildman–Crippen MR) is 46.4 cm³/mol. The van der Waals surface area contributed by atoms with Gasteiger partial charge in [0.2, 0.25) is 11.8 Å². The first-order chi connectivity index (χ1) is 6.59. The lowest BCUT2D eigenvalue weighted by molar-refractivity contribution is -0.135. The lowest BCUT2D eigenvalue weighted by atomic mass is 10.3. The van der Waals surface area contributed by atoms with Crippen LogP contribution in [-0.4, -0.2) is 47.4 Å². The van der Waals surface area contributed by atoms with E-state index in [0.717, 1.165) is 12.2 Å². The van der Waals surface area contributed by atoms with Gasteiger partial charge in [0.15, 0.2) is 0 Å². The van der Waals surface area contributed by atoms with E-state index in [1.807, 2.05) is 0 Å². The number of carbonyl (C=O) groups excluding carboxylic acids is 2. The van der Waals surface area contributed by atoms with Crippen molar-refractivity contribution in [3.05, 3.63) is 12.2 Å². The molecule has 1 aliphatic heterocycles. The fraction of sp³-hybridized carbons (Fsp3) is 0.375. The highest BCUT2D eigenvalue weighted by atomic mass is 16.4. The van der Waals surface area contributed by atoms with Crippen molar-refractivity contribution in [2.45, 2.75) is 0 Å². The molecule has 1 fully saturated rings. The Labute approximate surface area is 80.2 Å². The van der Waals surface area contributed by atoms with Crippen LogP contribution in [0.1, 0.15) is 0 Å². The van der Waals surface area contributed by atoms with Crippen LogP contribution in [0.25, 0.3) is 0 Å². The molecule has 2 N–H and O–H groups in total. The van der Waals surface area contributed by atoms with Crippen LogP contribution in [0.4, 0.5) is 0 Å². The Morgan fingerprint density at radius 2 is 2.14 bits per heavy atom. The van der Waals surface area contributed by atoms with Gasteiger partial charge in [-0.05, 0) is 0 Å². The summed E-state index contributed by atoms with van der Waals surface area (Å²) in [7, 11) is 0. The largest absolute Gasteiger partial charge is 0.478 e. The summed E-state index contributed by atoms with van der Waals surface area (Å²) in [5, 5.41) is 10.8. The summed E-state index contributed by atoms with van der Waals surface area (Å²) in [6.07, 6.45) is 1.70. The summed E-state index contributed by atoms with van der Waals surface area (Å²) in [6.45, 7) is 0.808. The smallest absolute Gasteiger partial charge is 0.328 e.